The van der Waals surface area contributed by atoms with Crippen molar-refractivity contribution in [3.05, 3.63) is 0 Å². The summed E-state index contributed by atoms with van der Waals surface area (Å²) < 4.78 is 0. The number of likely N-dealkylation sites (tertiary alicyclic amines) is 1. The summed E-state index contributed by atoms with van der Waals surface area (Å²) in [7, 11) is 2.08. The highest BCUT2D eigenvalue weighted by atomic mass is 16.2. The Labute approximate surface area is 180 Å². The molecule has 0 aromatic rings. The molecule has 4 fully saturated rings. The molecule has 3 aliphatic carbocycles. The number of carbonyl (C=O) groups is 1. The van der Waals surface area contributed by atoms with Gasteiger partial charge in [0.05, 0.1) is 0 Å². The van der Waals surface area contributed by atoms with Crippen LogP contribution in [0.4, 0.5) is 0 Å². The van der Waals surface area contributed by atoms with Gasteiger partial charge >= 0.3 is 0 Å². The van der Waals surface area contributed by atoms with Crippen molar-refractivity contribution in [2.45, 2.75) is 111 Å². The Kier molecular flexibility index (Phi) is 7.08. The Morgan fingerprint density at radius 3 is 2.55 bits per heavy atom. The first-order valence-corrected chi connectivity index (χ1v) is 12.8. The van der Waals surface area contributed by atoms with Gasteiger partial charge in [-0.25, -0.2) is 0 Å². The molecule has 0 spiro atoms. The number of piperidine rings is 1. The van der Waals surface area contributed by atoms with E-state index in [0.29, 0.717) is 22.8 Å². The topological polar surface area (TPSA) is 32.3 Å². The van der Waals surface area contributed by atoms with Crippen LogP contribution in [-0.4, -0.2) is 36.5 Å². The van der Waals surface area contributed by atoms with Crippen molar-refractivity contribution < 1.29 is 4.79 Å². The molecule has 1 saturated heterocycles. The molecule has 29 heavy (non-hydrogen) atoms. The molecule has 4 aliphatic rings. The van der Waals surface area contributed by atoms with Gasteiger partial charge < -0.3 is 10.2 Å². The zero-order chi connectivity index (χ0) is 21.4. The molecule has 8 atom stereocenters. The van der Waals surface area contributed by atoms with Crippen LogP contribution in [0.3, 0.4) is 0 Å². The van der Waals surface area contributed by atoms with Gasteiger partial charge in [0.25, 0.3) is 0 Å². The minimum Gasteiger partial charge on any atom is -0.342 e. The lowest BCUT2D eigenvalue weighted by Crippen LogP contribution is -2.62. The molecule has 1 aliphatic heterocycles. The second kappa shape index (κ2) is 8.89. The van der Waals surface area contributed by atoms with Crippen molar-refractivity contribution in [2.24, 2.45) is 34.5 Å². The molecule has 6 unspecified atom stereocenters. The van der Waals surface area contributed by atoms with Crippen LogP contribution < -0.4 is 5.32 Å². The smallest absolute Gasteiger partial charge is 0.222 e. The quantitative estimate of drug-likeness (QED) is 0.593. The summed E-state index contributed by atoms with van der Waals surface area (Å²) in [6.45, 7) is 15.1. The maximum absolute atomic E-state index is 12.4. The molecular weight excluding hydrogens is 356 g/mol. The minimum absolute atomic E-state index is 0.342. The van der Waals surface area contributed by atoms with E-state index in [1.807, 2.05) is 13.8 Å². The van der Waals surface area contributed by atoms with Crippen LogP contribution in [0.25, 0.3) is 0 Å². The van der Waals surface area contributed by atoms with E-state index in [1.54, 1.807) is 0 Å². The lowest BCUT2D eigenvalue weighted by atomic mass is 9.45. The highest BCUT2D eigenvalue weighted by molar-refractivity contribution is 5.77. The third kappa shape index (κ3) is 3.90. The predicted octanol–water partition coefficient (Wildman–Crippen LogP) is 5.88. The summed E-state index contributed by atoms with van der Waals surface area (Å²) in [6, 6.07) is 1.21. The van der Waals surface area contributed by atoms with Crippen LogP contribution in [0, 0.1) is 34.5 Å². The highest BCUT2D eigenvalue weighted by Crippen LogP contribution is 2.65. The molecule has 168 valence electrons. The number of fused-ring (bicyclic) bond motifs is 5. The van der Waals surface area contributed by atoms with Crippen molar-refractivity contribution in [1.82, 2.24) is 10.2 Å². The number of unbranched alkanes of at least 4 members (excludes halogenated alkanes) is 1. The van der Waals surface area contributed by atoms with E-state index in [1.165, 1.54) is 51.5 Å². The largest absolute Gasteiger partial charge is 0.342 e. The van der Waals surface area contributed by atoms with Crippen molar-refractivity contribution in [1.29, 1.82) is 0 Å². The Morgan fingerprint density at radius 2 is 1.86 bits per heavy atom. The first kappa shape index (κ1) is 23.1. The van der Waals surface area contributed by atoms with Crippen molar-refractivity contribution >= 4 is 5.91 Å². The fourth-order valence-corrected chi connectivity index (χ4v) is 8.16. The number of rotatable bonds is 4. The van der Waals surface area contributed by atoms with Crippen LogP contribution in [-0.2, 0) is 4.79 Å². The number of hydrogen-bond donors (Lipinski definition) is 1. The summed E-state index contributed by atoms with van der Waals surface area (Å²) >= 11 is 0. The Bertz CT molecular complexity index is 577. The van der Waals surface area contributed by atoms with E-state index in [4.69, 9.17) is 0 Å². The minimum atomic E-state index is 0.342. The first-order chi connectivity index (χ1) is 13.8. The zero-order valence-corrected chi connectivity index (χ0v) is 20.4. The third-order valence-electron chi connectivity index (χ3n) is 9.66. The summed E-state index contributed by atoms with van der Waals surface area (Å²) in [4.78, 5) is 14.5. The van der Waals surface area contributed by atoms with Crippen molar-refractivity contribution in [2.75, 3.05) is 13.6 Å². The maximum atomic E-state index is 12.4. The predicted molar refractivity (Wildman–Crippen MR) is 123 cm³/mol. The van der Waals surface area contributed by atoms with Crippen LogP contribution in [0.5, 0.6) is 0 Å². The van der Waals surface area contributed by atoms with E-state index in [-0.39, 0.29) is 0 Å². The maximum Gasteiger partial charge on any atom is 0.222 e. The Balaban J connectivity index is 0.00000117. The van der Waals surface area contributed by atoms with Crippen molar-refractivity contribution in [3.8, 4) is 0 Å². The fourth-order valence-electron chi connectivity index (χ4n) is 8.16. The van der Waals surface area contributed by atoms with Gasteiger partial charge in [-0.05, 0) is 86.0 Å². The Hall–Kier alpha value is -0.570. The molecule has 1 N–H and O–H groups in total. The molecular formula is C26H48N2O. The molecule has 1 heterocycles. The van der Waals surface area contributed by atoms with Gasteiger partial charge in [-0.1, -0.05) is 48.0 Å². The molecule has 0 aromatic heterocycles. The van der Waals surface area contributed by atoms with E-state index in [9.17, 15) is 4.79 Å². The molecule has 0 aromatic carbocycles. The van der Waals surface area contributed by atoms with E-state index < -0.39 is 0 Å². The SMILES string of the molecule is CC.CCCCN[C@H]1CC2C3C(C)CC4N(C)C(=O)CCC4(C)C3CC[C@]2(C)C1. The normalized spacial score (nSPS) is 46.3. The summed E-state index contributed by atoms with van der Waals surface area (Å²) in [5, 5.41) is 3.90. The fraction of sp³-hybridized carbons (Fsp3) is 0.962. The molecule has 3 nitrogen and oxygen atoms in total. The van der Waals surface area contributed by atoms with Crippen molar-refractivity contribution in [3.63, 3.8) is 0 Å². The van der Waals surface area contributed by atoms with Gasteiger partial charge in [-0.2, -0.15) is 0 Å². The van der Waals surface area contributed by atoms with Gasteiger partial charge in [0.2, 0.25) is 5.91 Å². The average molecular weight is 405 g/mol. The molecule has 3 saturated carbocycles. The van der Waals surface area contributed by atoms with E-state index >= 15 is 0 Å². The Morgan fingerprint density at radius 1 is 1.14 bits per heavy atom. The highest BCUT2D eigenvalue weighted by Gasteiger charge is 2.61. The lowest BCUT2D eigenvalue weighted by molar-refractivity contribution is -0.164. The molecule has 0 bridgehead atoms. The lowest BCUT2D eigenvalue weighted by Gasteiger charge is -2.63. The van der Waals surface area contributed by atoms with Gasteiger partial charge in [0.15, 0.2) is 0 Å². The number of nitrogens with one attached hydrogen (secondary N) is 1. The second-order valence-corrected chi connectivity index (χ2v) is 11.2. The van der Waals surface area contributed by atoms with Crippen LogP contribution in [0.2, 0.25) is 0 Å². The van der Waals surface area contributed by atoms with Gasteiger partial charge in [-0.3, -0.25) is 4.79 Å². The summed E-state index contributed by atoms with van der Waals surface area (Å²) in [5.41, 5.74) is 0.883. The molecule has 1 amide bonds. The number of amides is 1. The van der Waals surface area contributed by atoms with Gasteiger partial charge in [-0.15, -0.1) is 0 Å². The summed E-state index contributed by atoms with van der Waals surface area (Å²) in [5.74, 6) is 3.69. The summed E-state index contributed by atoms with van der Waals surface area (Å²) in [6.07, 6.45) is 11.3. The molecule has 4 rings (SSSR count). The first-order valence-electron chi connectivity index (χ1n) is 12.8. The van der Waals surface area contributed by atoms with Gasteiger partial charge in [0.1, 0.15) is 0 Å². The van der Waals surface area contributed by atoms with Crippen LogP contribution in [0.15, 0.2) is 0 Å². The molecule has 0 radical (unpaired) electrons. The second-order valence-electron chi connectivity index (χ2n) is 11.2. The third-order valence-corrected chi connectivity index (χ3v) is 9.66. The zero-order valence-electron chi connectivity index (χ0n) is 20.4. The van der Waals surface area contributed by atoms with Crippen LogP contribution in [0.1, 0.15) is 99.3 Å². The number of hydrogen-bond acceptors (Lipinski definition) is 2. The number of nitrogens with zero attached hydrogens (tertiary/aromatic N) is 1. The number of carbonyl (C=O) groups excluding carboxylic acids is 1. The average Bonchev–Trinajstić information content (AvgIpc) is 3.05. The van der Waals surface area contributed by atoms with Gasteiger partial charge in [0, 0.05) is 25.6 Å². The van der Waals surface area contributed by atoms with E-state index in [0.717, 1.165) is 42.6 Å². The standard InChI is InChI=1S/C24H42N2O.C2H6/c1-6-7-12-25-17-14-19-22-16(2)13-20-24(4,11-9-21(27)26(20)5)18(22)8-10-23(19,3)15-17;1-2/h16-20,22,25H,6-15H2,1-5H3;1-2H3/t16?,17-,18?,19?,20?,22?,23+,24?;/m0./s1. The monoisotopic (exact) mass is 404 g/mol. The molecule has 3 heteroatoms. The van der Waals surface area contributed by atoms with E-state index in [2.05, 4.69) is 45.0 Å². The van der Waals surface area contributed by atoms with Crippen LogP contribution >= 0.6 is 0 Å².